The minimum atomic E-state index is -0.267. The highest BCUT2D eigenvalue weighted by molar-refractivity contribution is 5.84. The van der Waals surface area contributed by atoms with Gasteiger partial charge in [-0.3, -0.25) is 4.79 Å². The number of fused-ring (bicyclic) bond motifs is 1. The van der Waals surface area contributed by atoms with E-state index >= 15 is 0 Å². The minimum absolute atomic E-state index is 0.112. The van der Waals surface area contributed by atoms with Gasteiger partial charge in [-0.05, 0) is 45.4 Å². The second-order valence-corrected chi connectivity index (χ2v) is 6.36. The van der Waals surface area contributed by atoms with Crippen LogP contribution in [0.1, 0.15) is 33.6 Å². The number of likely N-dealkylation sites (tertiary alicyclic amines) is 1. The van der Waals surface area contributed by atoms with E-state index in [1.54, 1.807) is 0 Å². The van der Waals surface area contributed by atoms with Gasteiger partial charge in [-0.1, -0.05) is 0 Å². The van der Waals surface area contributed by atoms with Crippen LogP contribution in [0.25, 0.3) is 0 Å². The van der Waals surface area contributed by atoms with Gasteiger partial charge in [0.05, 0.1) is 12.1 Å². The fourth-order valence-corrected chi connectivity index (χ4v) is 4.03. The van der Waals surface area contributed by atoms with E-state index in [1.165, 1.54) is 0 Å². The molecule has 0 radical (unpaired) electrons. The quantitative estimate of drug-likeness (QED) is 0.647. The Hall–Kier alpha value is -0.570. The van der Waals surface area contributed by atoms with E-state index in [0.29, 0.717) is 11.8 Å². The van der Waals surface area contributed by atoms with Crippen molar-refractivity contribution in [2.75, 3.05) is 0 Å². The largest absolute Gasteiger partial charge is 0.391 e. The van der Waals surface area contributed by atoms with E-state index in [0.717, 1.165) is 12.8 Å². The summed E-state index contributed by atoms with van der Waals surface area (Å²) in [5.74, 6) is 1.34. The zero-order valence-electron chi connectivity index (χ0n) is 9.60. The number of hydrogen-bond donors (Lipinski definition) is 1. The Balaban J connectivity index is 2.02. The summed E-state index contributed by atoms with van der Waals surface area (Å²) >= 11 is 0. The lowest BCUT2D eigenvalue weighted by Gasteiger charge is -2.38. The lowest BCUT2D eigenvalue weighted by Crippen LogP contribution is -2.51. The van der Waals surface area contributed by atoms with Crippen LogP contribution in [0.2, 0.25) is 0 Å². The van der Waals surface area contributed by atoms with Crippen LogP contribution >= 0.6 is 0 Å². The molecule has 2 saturated carbocycles. The highest BCUT2D eigenvalue weighted by atomic mass is 16.3. The average Bonchev–Trinajstić information content (AvgIpc) is 2.66. The Morgan fingerprint density at radius 3 is 2.53 bits per heavy atom. The van der Waals surface area contributed by atoms with Crippen LogP contribution in [0.5, 0.6) is 0 Å². The third kappa shape index (κ3) is 1.02. The van der Waals surface area contributed by atoms with Crippen molar-refractivity contribution in [3.63, 3.8) is 0 Å². The number of hydrogen-bond acceptors (Lipinski definition) is 2. The molecule has 0 aromatic carbocycles. The molecule has 84 valence electrons. The van der Waals surface area contributed by atoms with Crippen molar-refractivity contribution >= 4 is 5.91 Å². The molecule has 1 amide bonds. The predicted molar refractivity (Wildman–Crippen MR) is 56.1 cm³/mol. The van der Waals surface area contributed by atoms with E-state index in [4.69, 9.17) is 0 Å². The average molecular weight is 209 g/mol. The summed E-state index contributed by atoms with van der Waals surface area (Å²) in [6, 6.07) is 0.112. The van der Waals surface area contributed by atoms with Gasteiger partial charge < -0.3 is 10.0 Å². The van der Waals surface area contributed by atoms with Gasteiger partial charge in [0, 0.05) is 11.5 Å². The van der Waals surface area contributed by atoms with Crippen LogP contribution in [0.15, 0.2) is 0 Å². The zero-order chi connectivity index (χ0) is 11.0. The number of carbonyl (C=O) groups is 1. The second kappa shape index (κ2) is 2.57. The van der Waals surface area contributed by atoms with Crippen molar-refractivity contribution in [3.8, 4) is 0 Å². The Morgan fingerprint density at radius 2 is 2.00 bits per heavy atom. The minimum Gasteiger partial charge on any atom is -0.391 e. The molecule has 1 saturated heterocycles. The number of amides is 1. The Labute approximate surface area is 90.5 Å². The summed E-state index contributed by atoms with van der Waals surface area (Å²) < 4.78 is 0. The molecule has 1 N–H and O–H groups in total. The predicted octanol–water partition coefficient (Wildman–Crippen LogP) is 1.01. The van der Waals surface area contributed by atoms with Crippen molar-refractivity contribution in [3.05, 3.63) is 0 Å². The van der Waals surface area contributed by atoms with Gasteiger partial charge in [0.1, 0.15) is 0 Å². The summed E-state index contributed by atoms with van der Waals surface area (Å²) in [7, 11) is 0. The van der Waals surface area contributed by atoms with Gasteiger partial charge in [0.15, 0.2) is 0 Å². The summed E-state index contributed by atoms with van der Waals surface area (Å²) in [5, 5.41) is 10.2. The van der Waals surface area contributed by atoms with E-state index in [-0.39, 0.29) is 29.5 Å². The molecule has 1 heterocycles. The van der Waals surface area contributed by atoms with Crippen LogP contribution < -0.4 is 0 Å². The molecule has 3 nitrogen and oxygen atoms in total. The standard InChI is InChI=1S/C12H19NO2/c1-12(2,3)13-9-7-4-6(10(9)14)5-8(7)11(13)15/h6-10,14H,4-5H2,1-3H3. The van der Waals surface area contributed by atoms with Gasteiger partial charge in [0.25, 0.3) is 0 Å². The SMILES string of the molecule is CC(C)(C)N1C(=O)C2CC3CC2C1C3O. The number of rotatable bonds is 0. The number of carbonyl (C=O) groups excluding carboxylic acids is 1. The summed E-state index contributed by atoms with van der Waals surface area (Å²) in [6.07, 6.45) is 1.72. The molecule has 1 aliphatic heterocycles. The van der Waals surface area contributed by atoms with E-state index in [9.17, 15) is 9.90 Å². The lowest BCUT2D eigenvalue weighted by atomic mass is 9.87. The van der Waals surface area contributed by atoms with E-state index < -0.39 is 0 Å². The first kappa shape index (κ1) is 9.64. The molecule has 15 heavy (non-hydrogen) atoms. The van der Waals surface area contributed by atoms with Crippen LogP contribution in [0.3, 0.4) is 0 Å². The second-order valence-electron chi connectivity index (χ2n) is 6.36. The van der Waals surface area contributed by atoms with Crippen molar-refractivity contribution in [1.29, 1.82) is 0 Å². The van der Waals surface area contributed by atoms with Gasteiger partial charge in [-0.25, -0.2) is 0 Å². The number of aliphatic hydroxyl groups is 1. The van der Waals surface area contributed by atoms with Crippen molar-refractivity contribution < 1.29 is 9.90 Å². The van der Waals surface area contributed by atoms with Crippen LogP contribution in [0.4, 0.5) is 0 Å². The molecule has 0 aromatic heterocycles. The molecular weight excluding hydrogens is 190 g/mol. The maximum absolute atomic E-state index is 12.2. The maximum atomic E-state index is 12.2. The van der Waals surface area contributed by atoms with Crippen LogP contribution in [-0.4, -0.2) is 33.6 Å². The monoisotopic (exact) mass is 209 g/mol. The topological polar surface area (TPSA) is 40.5 Å². The van der Waals surface area contributed by atoms with Crippen LogP contribution in [-0.2, 0) is 4.79 Å². The van der Waals surface area contributed by atoms with E-state index in [1.807, 2.05) is 4.90 Å². The normalized spacial score (nSPS) is 48.1. The molecule has 3 rings (SSSR count). The Kier molecular flexibility index (Phi) is 1.65. The fraction of sp³-hybridized carbons (Fsp3) is 0.917. The third-order valence-corrected chi connectivity index (χ3v) is 4.50. The fourth-order valence-electron chi connectivity index (χ4n) is 4.03. The van der Waals surface area contributed by atoms with Gasteiger partial charge in [-0.15, -0.1) is 0 Å². The molecule has 5 atom stereocenters. The highest BCUT2D eigenvalue weighted by Crippen LogP contribution is 2.56. The molecule has 3 aliphatic rings. The number of nitrogens with zero attached hydrogens (tertiary/aromatic N) is 1. The van der Waals surface area contributed by atoms with Gasteiger partial charge in [-0.2, -0.15) is 0 Å². The summed E-state index contributed by atoms with van der Waals surface area (Å²) in [4.78, 5) is 14.2. The maximum Gasteiger partial charge on any atom is 0.226 e. The molecule has 0 aromatic rings. The molecule has 0 spiro atoms. The first-order valence-electron chi connectivity index (χ1n) is 5.92. The molecule has 3 heteroatoms. The van der Waals surface area contributed by atoms with Gasteiger partial charge in [0.2, 0.25) is 5.91 Å². The summed E-state index contributed by atoms with van der Waals surface area (Å²) in [6.45, 7) is 6.20. The third-order valence-electron chi connectivity index (χ3n) is 4.50. The highest BCUT2D eigenvalue weighted by Gasteiger charge is 2.64. The van der Waals surface area contributed by atoms with E-state index in [2.05, 4.69) is 20.8 Å². The first-order valence-corrected chi connectivity index (χ1v) is 5.92. The summed E-state index contributed by atoms with van der Waals surface area (Å²) in [5.41, 5.74) is -0.144. The Morgan fingerprint density at radius 1 is 1.33 bits per heavy atom. The lowest BCUT2D eigenvalue weighted by molar-refractivity contribution is -0.137. The van der Waals surface area contributed by atoms with Crippen molar-refractivity contribution in [2.24, 2.45) is 17.8 Å². The smallest absolute Gasteiger partial charge is 0.226 e. The van der Waals surface area contributed by atoms with Gasteiger partial charge >= 0.3 is 0 Å². The molecule has 5 unspecified atom stereocenters. The van der Waals surface area contributed by atoms with Crippen molar-refractivity contribution in [2.45, 2.75) is 51.3 Å². The van der Waals surface area contributed by atoms with Crippen LogP contribution in [0, 0.1) is 17.8 Å². The van der Waals surface area contributed by atoms with Crippen molar-refractivity contribution in [1.82, 2.24) is 4.90 Å². The number of aliphatic hydroxyl groups excluding tert-OH is 1. The molecule has 3 fully saturated rings. The first-order chi connectivity index (χ1) is 6.91. The zero-order valence-corrected chi connectivity index (χ0v) is 9.60. The Bertz CT molecular complexity index is 320. The molecule has 2 bridgehead atoms. The molecule has 2 aliphatic carbocycles. The molecular formula is C12H19NO2.